The van der Waals surface area contributed by atoms with Crippen molar-refractivity contribution >= 4 is 25.6 Å². The summed E-state index contributed by atoms with van der Waals surface area (Å²) in [6, 6.07) is 1.19. The molecule has 0 aliphatic heterocycles. The first-order chi connectivity index (χ1) is 9.45. The van der Waals surface area contributed by atoms with Crippen molar-refractivity contribution in [2.24, 2.45) is 0 Å². The number of aromatic amines is 1. The van der Waals surface area contributed by atoms with E-state index in [4.69, 9.17) is 20.2 Å². The molecular formula is C11H17ClN2O5S. The zero-order valence-electron chi connectivity index (χ0n) is 11.0. The average Bonchev–Trinajstić information content (AvgIpc) is 2.87. The van der Waals surface area contributed by atoms with Gasteiger partial charge in [0, 0.05) is 37.1 Å². The third-order valence-electron chi connectivity index (χ3n) is 2.37. The molecule has 7 nitrogen and oxygen atoms in total. The molecule has 0 fully saturated rings. The minimum absolute atomic E-state index is 0.132. The number of carbonyl (C=O) groups excluding carboxylic acids is 1. The molecule has 1 aromatic rings. The Kier molecular flexibility index (Phi) is 7.00. The lowest BCUT2D eigenvalue weighted by atomic mass is 10.4. The number of amides is 1. The van der Waals surface area contributed by atoms with Crippen LogP contribution >= 0.6 is 10.7 Å². The molecule has 0 saturated heterocycles. The van der Waals surface area contributed by atoms with Gasteiger partial charge >= 0.3 is 0 Å². The zero-order chi connectivity index (χ0) is 15.0. The van der Waals surface area contributed by atoms with E-state index in [1.807, 2.05) is 0 Å². The quantitative estimate of drug-likeness (QED) is 0.515. The summed E-state index contributed by atoms with van der Waals surface area (Å²) in [6.07, 6.45) is 1.82. The van der Waals surface area contributed by atoms with Crippen molar-refractivity contribution in [1.29, 1.82) is 0 Å². The van der Waals surface area contributed by atoms with Crippen LogP contribution in [0.4, 0.5) is 0 Å². The minimum atomic E-state index is -3.82. The second-order valence-corrected chi connectivity index (χ2v) is 6.47. The highest BCUT2D eigenvalue weighted by atomic mass is 35.7. The standard InChI is InChI=1S/C11H17ClN2O5S/c1-18-5-6-19-4-2-3-13-11(15)10-7-9(8-14-10)20(12,16)17/h7-8,14H,2-6H2,1H3,(H,13,15). The summed E-state index contributed by atoms with van der Waals surface area (Å²) in [6.45, 7) is 1.98. The Hall–Kier alpha value is -1.09. The van der Waals surface area contributed by atoms with Gasteiger partial charge in [0.2, 0.25) is 0 Å². The minimum Gasteiger partial charge on any atom is -0.382 e. The molecule has 0 radical (unpaired) electrons. The van der Waals surface area contributed by atoms with E-state index in [0.29, 0.717) is 32.8 Å². The Morgan fingerprint density at radius 1 is 1.40 bits per heavy atom. The molecule has 0 aliphatic carbocycles. The number of hydrogen-bond donors (Lipinski definition) is 2. The summed E-state index contributed by atoms with van der Waals surface area (Å²) in [5.41, 5.74) is 0.143. The number of methoxy groups -OCH3 is 1. The van der Waals surface area contributed by atoms with E-state index in [1.165, 1.54) is 12.3 Å². The molecule has 114 valence electrons. The number of hydrogen-bond acceptors (Lipinski definition) is 5. The van der Waals surface area contributed by atoms with Crippen LogP contribution in [0.2, 0.25) is 0 Å². The van der Waals surface area contributed by atoms with Crippen LogP contribution < -0.4 is 5.32 Å². The molecule has 0 atom stereocenters. The summed E-state index contributed by atoms with van der Waals surface area (Å²) >= 11 is 0. The van der Waals surface area contributed by atoms with E-state index in [1.54, 1.807) is 7.11 Å². The molecule has 0 aromatic carbocycles. The maximum atomic E-state index is 11.7. The third kappa shape index (κ3) is 5.91. The van der Waals surface area contributed by atoms with E-state index in [-0.39, 0.29) is 10.6 Å². The van der Waals surface area contributed by atoms with Crippen molar-refractivity contribution in [3.8, 4) is 0 Å². The first-order valence-electron chi connectivity index (χ1n) is 5.93. The number of halogens is 1. The number of rotatable bonds is 9. The highest BCUT2D eigenvalue weighted by Crippen LogP contribution is 2.15. The predicted molar refractivity (Wildman–Crippen MR) is 73.5 cm³/mol. The van der Waals surface area contributed by atoms with Crippen LogP contribution in [0.5, 0.6) is 0 Å². The third-order valence-corrected chi connectivity index (χ3v) is 3.70. The molecule has 20 heavy (non-hydrogen) atoms. The van der Waals surface area contributed by atoms with Gasteiger partial charge in [-0.05, 0) is 12.5 Å². The second-order valence-electron chi connectivity index (χ2n) is 3.90. The Morgan fingerprint density at radius 3 is 2.75 bits per heavy atom. The molecule has 1 amide bonds. The van der Waals surface area contributed by atoms with Crippen molar-refractivity contribution in [3.05, 3.63) is 18.0 Å². The molecule has 2 N–H and O–H groups in total. The Balaban J connectivity index is 2.28. The van der Waals surface area contributed by atoms with Gasteiger partial charge in [-0.1, -0.05) is 0 Å². The molecule has 1 aromatic heterocycles. The van der Waals surface area contributed by atoms with Gasteiger partial charge in [-0.25, -0.2) is 8.42 Å². The number of nitrogens with one attached hydrogen (secondary N) is 2. The van der Waals surface area contributed by atoms with Crippen molar-refractivity contribution in [2.45, 2.75) is 11.3 Å². The van der Waals surface area contributed by atoms with Gasteiger partial charge in [0.15, 0.2) is 0 Å². The lowest BCUT2D eigenvalue weighted by Crippen LogP contribution is -2.25. The van der Waals surface area contributed by atoms with Crippen molar-refractivity contribution < 1.29 is 22.7 Å². The maximum Gasteiger partial charge on any atom is 0.267 e. The highest BCUT2D eigenvalue weighted by molar-refractivity contribution is 8.13. The molecule has 0 unspecified atom stereocenters. The normalized spacial score (nSPS) is 11.5. The van der Waals surface area contributed by atoms with Crippen LogP contribution in [0.15, 0.2) is 17.2 Å². The fourth-order valence-electron chi connectivity index (χ4n) is 1.36. The first kappa shape index (κ1) is 17.0. The fourth-order valence-corrected chi connectivity index (χ4v) is 2.09. The fraction of sp³-hybridized carbons (Fsp3) is 0.545. The summed E-state index contributed by atoms with van der Waals surface area (Å²) in [5.74, 6) is -0.395. The summed E-state index contributed by atoms with van der Waals surface area (Å²) in [4.78, 5) is 14.1. The predicted octanol–water partition coefficient (Wildman–Crippen LogP) is 0.725. The summed E-state index contributed by atoms with van der Waals surface area (Å²) in [7, 11) is 2.93. The van der Waals surface area contributed by atoms with Crippen molar-refractivity contribution in [1.82, 2.24) is 10.3 Å². The van der Waals surface area contributed by atoms with E-state index < -0.39 is 15.0 Å². The van der Waals surface area contributed by atoms with Crippen LogP contribution in [0, 0.1) is 0 Å². The number of ether oxygens (including phenoxy) is 2. The molecule has 0 saturated carbocycles. The Labute approximate surface area is 122 Å². The topological polar surface area (TPSA) is 97.5 Å². The maximum absolute atomic E-state index is 11.7. The Morgan fingerprint density at radius 2 is 2.15 bits per heavy atom. The zero-order valence-corrected chi connectivity index (χ0v) is 12.6. The second kappa shape index (κ2) is 8.25. The lowest BCUT2D eigenvalue weighted by Gasteiger charge is -2.05. The Bertz CT molecular complexity index is 529. The largest absolute Gasteiger partial charge is 0.382 e. The van der Waals surface area contributed by atoms with Gasteiger partial charge < -0.3 is 19.8 Å². The lowest BCUT2D eigenvalue weighted by molar-refractivity contribution is 0.0688. The summed E-state index contributed by atoms with van der Waals surface area (Å²) < 4.78 is 32.1. The van der Waals surface area contributed by atoms with E-state index in [9.17, 15) is 13.2 Å². The van der Waals surface area contributed by atoms with Crippen LogP contribution in [0.3, 0.4) is 0 Å². The van der Waals surface area contributed by atoms with Gasteiger partial charge in [0.05, 0.1) is 13.2 Å². The molecule has 1 heterocycles. The van der Waals surface area contributed by atoms with Crippen molar-refractivity contribution in [2.75, 3.05) is 33.5 Å². The van der Waals surface area contributed by atoms with Crippen LogP contribution in [-0.2, 0) is 18.5 Å². The van der Waals surface area contributed by atoms with Crippen LogP contribution in [-0.4, -0.2) is 52.8 Å². The molecule has 0 spiro atoms. The van der Waals surface area contributed by atoms with Crippen LogP contribution in [0.1, 0.15) is 16.9 Å². The van der Waals surface area contributed by atoms with E-state index >= 15 is 0 Å². The molecule has 0 aliphatic rings. The summed E-state index contributed by atoms with van der Waals surface area (Å²) in [5, 5.41) is 2.64. The first-order valence-corrected chi connectivity index (χ1v) is 8.24. The SMILES string of the molecule is COCCOCCCNC(=O)c1cc(S(=O)(=O)Cl)c[nH]1. The molecular weight excluding hydrogens is 308 g/mol. The smallest absolute Gasteiger partial charge is 0.267 e. The van der Waals surface area contributed by atoms with Gasteiger partial charge in [-0.15, -0.1) is 0 Å². The van der Waals surface area contributed by atoms with Gasteiger partial charge in [0.25, 0.3) is 15.0 Å². The van der Waals surface area contributed by atoms with Crippen molar-refractivity contribution in [3.63, 3.8) is 0 Å². The highest BCUT2D eigenvalue weighted by Gasteiger charge is 2.15. The van der Waals surface area contributed by atoms with Crippen LogP contribution in [0.25, 0.3) is 0 Å². The number of H-pyrrole nitrogens is 1. The van der Waals surface area contributed by atoms with Gasteiger partial charge in [-0.3, -0.25) is 4.79 Å². The van der Waals surface area contributed by atoms with E-state index in [0.717, 1.165) is 0 Å². The van der Waals surface area contributed by atoms with Gasteiger partial charge in [0.1, 0.15) is 10.6 Å². The number of carbonyl (C=O) groups is 1. The molecule has 1 rings (SSSR count). The van der Waals surface area contributed by atoms with Gasteiger partial charge in [-0.2, -0.15) is 0 Å². The average molecular weight is 325 g/mol. The number of aromatic nitrogens is 1. The molecule has 9 heteroatoms. The monoisotopic (exact) mass is 324 g/mol. The molecule has 0 bridgehead atoms. The van der Waals surface area contributed by atoms with E-state index in [2.05, 4.69) is 10.3 Å².